The van der Waals surface area contributed by atoms with Crippen molar-refractivity contribution in [1.29, 1.82) is 0 Å². The highest BCUT2D eigenvalue weighted by Crippen LogP contribution is 2.56. The molecule has 0 spiro atoms. The molecule has 0 radical (unpaired) electrons. The molecule has 3 atom stereocenters. The van der Waals surface area contributed by atoms with Crippen molar-refractivity contribution in [3.8, 4) is 11.1 Å². The molecule has 2 aromatic rings. The molecule has 5 nitrogen and oxygen atoms in total. The fraction of sp³-hybridized carbons (Fsp3) is 0.600. The molecule has 5 rings (SSSR count). The smallest absolute Gasteiger partial charge is 0.235 e. The molecule has 1 aromatic heterocycles. The van der Waals surface area contributed by atoms with Crippen LogP contribution >= 0.6 is 0 Å². The van der Waals surface area contributed by atoms with Gasteiger partial charge in [0, 0.05) is 11.3 Å². The Morgan fingerprint density at radius 3 is 2.53 bits per heavy atom. The van der Waals surface area contributed by atoms with Crippen LogP contribution in [0.5, 0.6) is 0 Å². The number of hydrogen-bond acceptors (Lipinski definition) is 4. The average Bonchev–Trinajstić information content (AvgIpc) is 3.24. The summed E-state index contributed by atoms with van der Waals surface area (Å²) in [5, 5.41) is 17.9. The fourth-order valence-electron chi connectivity index (χ4n) is 6.67. The average molecular weight is 409 g/mol. The van der Waals surface area contributed by atoms with Gasteiger partial charge >= 0.3 is 0 Å². The second-order valence-corrected chi connectivity index (χ2v) is 9.63. The number of nitrogens with zero attached hydrogens (tertiary/aromatic N) is 1. The van der Waals surface area contributed by atoms with E-state index in [0.717, 1.165) is 72.4 Å². The van der Waals surface area contributed by atoms with Gasteiger partial charge in [-0.1, -0.05) is 36.9 Å². The van der Waals surface area contributed by atoms with Gasteiger partial charge in [-0.15, -0.1) is 0 Å². The van der Waals surface area contributed by atoms with Crippen LogP contribution in [-0.4, -0.2) is 22.3 Å². The van der Waals surface area contributed by atoms with Gasteiger partial charge in [-0.05, 0) is 81.0 Å². The summed E-state index contributed by atoms with van der Waals surface area (Å²) in [5.74, 6) is 1.48. The molecule has 0 bridgehead atoms. The molecule has 1 aliphatic heterocycles. The first kappa shape index (κ1) is 19.8. The molecule has 2 fully saturated rings. The van der Waals surface area contributed by atoms with E-state index < -0.39 is 5.41 Å². The summed E-state index contributed by atoms with van der Waals surface area (Å²) in [6, 6.07) is 6.34. The van der Waals surface area contributed by atoms with Gasteiger partial charge in [0.05, 0.1) is 17.2 Å². The third kappa shape index (κ3) is 2.93. The van der Waals surface area contributed by atoms with Gasteiger partial charge in [0.25, 0.3) is 0 Å². The summed E-state index contributed by atoms with van der Waals surface area (Å²) in [6.07, 6.45) is 9.09. The van der Waals surface area contributed by atoms with Crippen molar-refractivity contribution in [3.05, 3.63) is 35.2 Å². The predicted molar refractivity (Wildman–Crippen MR) is 116 cm³/mol. The van der Waals surface area contributed by atoms with Crippen LogP contribution in [0.15, 0.2) is 22.7 Å². The van der Waals surface area contributed by atoms with Crippen molar-refractivity contribution >= 4 is 11.6 Å². The first-order chi connectivity index (χ1) is 14.5. The number of fused-ring (bicyclic) bond motifs is 1. The van der Waals surface area contributed by atoms with Gasteiger partial charge < -0.3 is 14.9 Å². The Kier molecular flexibility index (Phi) is 4.97. The minimum absolute atomic E-state index is 0.152. The Morgan fingerprint density at radius 1 is 1.07 bits per heavy atom. The molecule has 160 valence electrons. The van der Waals surface area contributed by atoms with Crippen LogP contribution in [0.3, 0.4) is 0 Å². The topological polar surface area (TPSA) is 75.4 Å². The van der Waals surface area contributed by atoms with Gasteiger partial charge in [0.15, 0.2) is 0 Å². The van der Waals surface area contributed by atoms with Crippen LogP contribution in [0.25, 0.3) is 11.1 Å². The standard InChI is InChI=1S/C25H32N2O3/c1-15-23(16(2)30-27-15)17-11-12-22-21(13-17)25(24(29)26-22,18-7-4-3-5-8-18)19-9-6-10-20(28)14-19/h11-13,18-20,28H,3-10,14H2,1-2H3,(H,26,29)/t19?,20-,25?/m1/s1. The van der Waals surface area contributed by atoms with E-state index in [-0.39, 0.29) is 17.9 Å². The maximum Gasteiger partial charge on any atom is 0.235 e. The number of carbonyl (C=O) groups is 1. The van der Waals surface area contributed by atoms with E-state index in [1.165, 1.54) is 19.3 Å². The summed E-state index contributed by atoms with van der Waals surface area (Å²) in [7, 11) is 0. The van der Waals surface area contributed by atoms with Gasteiger partial charge in [0.1, 0.15) is 5.76 Å². The van der Waals surface area contributed by atoms with Gasteiger partial charge in [0.2, 0.25) is 5.91 Å². The number of amides is 1. The number of aryl methyl sites for hydroxylation is 2. The number of hydrogen-bond donors (Lipinski definition) is 2. The molecule has 1 amide bonds. The summed E-state index contributed by atoms with van der Waals surface area (Å²) in [4.78, 5) is 13.8. The van der Waals surface area contributed by atoms with Crippen molar-refractivity contribution in [2.45, 2.75) is 83.2 Å². The lowest BCUT2D eigenvalue weighted by atomic mass is 9.56. The summed E-state index contributed by atoms with van der Waals surface area (Å²) in [6.45, 7) is 3.91. The highest BCUT2D eigenvalue weighted by Gasteiger charge is 2.57. The third-order valence-corrected chi connectivity index (χ3v) is 7.95. The van der Waals surface area contributed by atoms with Crippen LogP contribution < -0.4 is 5.32 Å². The summed E-state index contributed by atoms with van der Waals surface area (Å²) < 4.78 is 5.42. The SMILES string of the molecule is Cc1noc(C)c1-c1ccc2c(c1)C(C1CCCCC1)(C1CCC[C@@H](O)C1)C(=O)N2. The Bertz CT molecular complexity index is 940. The van der Waals surface area contributed by atoms with Crippen molar-refractivity contribution in [3.63, 3.8) is 0 Å². The molecule has 0 saturated heterocycles. The number of aliphatic hydroxyl groups excluding tert-OH is 1. The predicted octanol–water partition coefficient (Wildman–Crippen LogP) is 5.28. The van der Waals surface area contributed by atoms with E-state index >= 15 is 0 Å². The van der Waals surface area contributed by atoms with E-state index in [4.69, 9.17) is 4.52 Å². The Labute approximate surface area is 178 Å². The lowest BCUT2D eigenvalue weighted by Crippen LogP contribution is -2.50. The molecule has 2 saturated carbocycles. The summed E-state index contributed by atoms with van der Waals surface area (Å²) >= 11 is 0. The van der Waals surface area contributed by atoms with Crippen LogP contribution in [0.1, 0.15) is 74.8 Å². The monoisotopic (exact) mass is 408 g/mol. The van der Waals surface area contributed by atoms with Gasteiger partial charge in [-0.3, -0.25) is 4.79 Å². The number of anilines is 1. The maximum absolute atomic E-state index is 13.8. The molecule has 2 aliphatic carbocycles. The highest BCUT2D eigenvalue weighted by molar-refractivity contribution is 6.07. The van der Waals surface area contributed by atoms with Crippen molar-refractivity contribution in [1.82, 2.24) is 5.16 Å². The lowest BCUT2D eigenvalue weighted by Gasteiger charge is -2.46. The van der Waals surface area contributed by atoms with E-state index in [1.807, 2.05) is 13.8 Å². The molecule has 2 N–H and O–H groups in total. The van der Waals surface area contributed by atoms with Crippen molar-refractivity contribution in [2.24, 2.45) is 11.8 Å². The second-order valence-electron chi connectivity index (χ2n) is 9.63. The zero-order valence-corrected chi connectivity index (χ0v) is 18.0. The van der Waals surface area contributed by atoms with Crippen LogP contribution in [0.2, 0.25) is 0 Å². The minimum Gasteiger partial charge on any atom is -0.393 e. The molecule has 5 heteroatoms. The third-order valence-electron chi connectivity index (χ3n) is 7.95. The van der Waals surface area contributed by atoms with Gasteiger partial charge in [-0.2, -0.15) is 0 Å². The molecular formula is C25H32N2O3. The zero-order valence-electron chi connectivity index (χ0n) is 18.0. The Balaban J connectivity index is 1.68. The van der Waals surface area contributed by atoms with Crippen LogP contribution in [-0.2, 0) is 10.2 Å². The second kappa shape index (κ2) is 7.52. The molecular weight excluding hydrogens is 376 g/mol. The highest BCUT2D eigenvalue weighted by atomic mass is 16.5. The molecule has 2 heterocycles. The quantitative estimate of drug-likeness (QED) is 0.724. The number of nitrogens with one attached hydrogen (secondary N) is 1. The molecule has 30 heavy (non-hydrogen) atoms. The van der Waals surface area contributed by atoms with E-state index in [2.05, 4.69) is 28.7 Å². The zero-order chi connectivity index (χ0) is 20.9. The number of rotatable bonds is 3. The van der Waals surface area contributed by atoms with E-state index in [0.29, 0.717) is 5.92 Å². The number of carbonyl (C=O) groups excluding carboxylic acids is 1. The molecule has 1 aromatic carbocycles. The van der Waals surface area contributed by atoms with Crippen LogP contribution in [0, 0.1) is 25.7 Å². The van der Waals surface area contributed by atoms with Gasteiger partial charge in [-0.25, -0.2) is 0 Å². The van der Waals surface area contributed by atoms with Crippen molar-refractivity contribution < 1.29 is 14.4 Å². The van der Waals surface area contributed by atoms with E-state index in [1.54, 1.807) is 0 Å². The fourth-order valence-corrected chi connectivity index (χ4v) is 6.67. The molecule has 2 unspecified atom stereocenters. The Morgan fingerprint density at radius 2 is 1.83 bits per heavy atom. The molecule has 3 aliphatic rings. The first-order valence-corrected chi connectivity index (χ1v) is 11.6. The minimum atomic E-state index is -0.536. The van der Waals surface area contributed by atoms with E-state index in [9.17, 15) is 9.90 Å². The first-order valence-electron chi connectivity index (χ1n) is 11.6. The number of benzene rings is 1. The normalized spacial score (nSPS) is 29.6. The number of aliphatic hydroxyl groups is 1. The summed E-state index contributed by atoms with van der Waals surface area (Å²) in [5.41, 5.74) is 4.52. The van der Waals surface area contributed by atoms with Crippen LogP contribution in [0.4, 0.5) is 5.69 Å². The Hall–Kier alpha value is -2.14. The number of aromatic nitrogens is 1. The maximum atomic E-state index is 13.8. The largest absolute Gasteiger partial charge is 0.393 e. The lowest BCUT2D eigenvalue weighted by molar-refractivity contribution is -0.127. The van der Waals surface area contributed by atoms with Crippen molar-refractivity contribution in [2.75, 3.05) is 5.32 Å².